The highest BCUT2D eigenvalue weighted by atomic mass is 19.4. The number of rotatable bonds is 4. The number of alkyl halides is 3. The van der Waals surface area contributed by atoms with Gasteiger partial charge in [0.1, 0.15) is 0 Å². The van der Waals surface area contributed by atoms with Crippen LogP contribution in [0, 0.1) is 11.8 Å². The molecule has 100 valence electrons. The van der Waals surface area contributed by atoms with Crippen molar-refractivity contribution < 1.29 is 13.2 Å². The van der Waals surface area contributed by atoms with E-state index in [-0.39, 0.29) is 6.04 Å². The van der Waals surface area contributed by atoms with E-state index in [1.165, 1.54) is 19.3 Å². The third kappa shape index (κ3) is 3.60. The lowest BCUT2D eigenvalue weighted by Crippen LogP contribution is -2.46. The zero-order chi connectivity index (χ0) is 12.3. The summed E-state index contributed by atoms with van der Waals surface area (Å²) in [5, 5.41) is 3.16. The highest BCUT2D eigenvalue weighted by Crippen LogP contribution is 2.38. The van der Waals surface area contributed by atoms with E-state index in [2.05, 4.69) is 5.32 Å². The SMILES string of the molecule is FC(F)(F)C1CCCCC1NCCC1CCC1. The molecule has 2 aliphatic carbocycles. The van der Waals surface area contributed by atoms with Gasteiger partial charge in [-0.25, -0.2) is 0 Å². The van der Waals surface area contributed by atoms with Gasteiger partial charge >= 0.3 is 6.18 Å². The van der Waals surface area contributed by atoms with Crippen LogP contribution in [0.3, 0.4) is 0 Å². The van der Waals surface area contributed by atoms with E-state index in [1.807, 2.05) is 0 Å². The molecule has 0 aliphatic heterocycles. The molecule has 2 aliphatic rings. The van der Waals surface area contributed by atoms with E-state index in [0.29, 0.717) is 12.8 Å². The van der Waals surface area contributed by atoms with Crippen LogP contribution in [-0.4, -0.2) is 18.8 Å². The van der Waals surface area contributed by atoms with E-state index in [0.717, 1.165) is 31.7 Å². The van der Waals surface area contributed by atoms with E-state index in [1.54, 1.807) is 0 Å². The Hall–Kier alpha value is -0.250. The van der Waals surface area contributed by atoms with Crippen LogP contribution in [-0.2, 0) is 0 Å². The van der Waals surface area contributed by atoms with E-state index in [4.69, 9.17) is 0 Å². The summed E-state index contributed by atoms with van der Waals surface area (Å²) in [6.45, 7) is 0.766. The van der Waals surface area contributed by atoms with Crippen LogP contribution in [0.2, 0.25) is 0 Å². The van der Waals surface area contributed by atoms with Crippen molar-refractivity contribution in [2.24, 2.45) is 11.8 Å². The fraction of sp³-hybridized carbons (Fsp3) is 1.00. The first-order chi connectivity index (χ1) is 8.07. The van der Waals surface area contributed by atoms with Gasteiger partial charge in [0.05, 0.1) is 5.92 Å². The molecule has 0 amide bonds. The van der Waals surface area contributed by atoms with Gasteiger partial charge in [0, 0.05) is 6.04 Å². The Balaban J connectivity index is 1.75. The first-order valence-electron chi connectivity index (χ1n) is 6.87. The minimum absolute atomic E-state index is 0.310. The molecule has 2 unspecified atom stereocenters. The summed E-state index contributed by atoms with van der Waals surface area (Å²) in [4.78, 5) is 0. The second-order valence-electron chi connectivity index (χ2n) is 5.58. The molecule has 2 atom stereocenters. The Bertz CT molecular complexity index is 235. The van der Waals surface area contributed by atoms with Crippen LogP contribution in [0.25, 0.3) is 0 Å². The number of nitrogens with one attached hydrogen (secondary N) is 1. The third-order valence-electron chi connectivity index (χ3n) is 4.37. The molecule has 0 aromatic rings. The smallest absolute Gasteiger partial charge is 0.313 e. The highest BCUT2D eigenvalue weighted by Gasteiger charge is 2.45. The maximum Gasteiger partial charge on any atom is 0.393 e. The van der Waals surface area contributed by atoms with Crippen molar-refractivity contribution in [3.63, 3.8) is 0 Å². The summed E-state index contributed by atoms with van der Waals surface area (Å²) in [6, 6.07) is -0.330. The summed E-state index contributed by atoms with van der Waals surface area (Å²) in [5.74, 6) is -0.340. The summed E-state index contributed by atoms with van der Waals surface area (Å²) in [5.41, 5.74) is 0. The van der Waals surface area contributed by atoms with Crippen molar-refractivity contribution in [2.45, 2.75) is 63.6 Å². The zero-order valence-corrected chi connectivity index (χ0v) is 10.2. The van der Waals surface area contributed by atoms with Crippen LogP contribution >= 0.6 is 0 Å². The average molecular weight is 249 g/mol. The van der Waals surface area contributed by atoms with Crippen molar-refractivity contribution in [1.82, 2.24) is 5.32 Å². The largest absolute Gasteiger partial charge is 0.393 e. The monoisotopic (exact) mass is 249 g/mol. The molecule has 2 fully saturated rings. The summed E-state index contributed by atoms with van der Waals surface area (Å²) in [7, 11) is 0. The third-order valence-corrected chi connectivity index (χ3v) is 4.37. The van der Waals surface area contributed by atoms with Gasteiger partial charge in [-0.2, -0.15) is 13.2 Å². The van der Waals surface area contributed by atoms with Crippen LogP contribution in [0.4, 0.5) is 13.2 Å². The highest BCUT2D eigenvalue weighted by molar-refractivity contribution is 4.85. The maximum absolute atomic E-state index is 12.8. The quantitative estimate of drug-likeness (QED) is 0.797. The van der Waals surface area contributed by atoms with Crippen molar-refractivity contribution in [3.05, 3.63) is 0 Å². The fourth-order valence-corrected chi connectivity index (χ4v) is 3.02. The van der Waals surface area contributed by atoms with Crippen LogP contribution < -0.4 is 5.32 Å². The summed E-state index contributed by atoms with van der Waals surface area (Å²) in [6.07, 6.45) is 3.55. The van der Waals surface area contributed by atoms with E-state index < -0.39 is 12.1 Å². The minimum Gasteiger partial charge on any atom is -0.313 e. The zero-order valence-electron chi connectivity index (χ0n) is 10.2. The lowest BCUT2D eigenvalue weighted by atomic mass is 9.82. The first-order valence-corrected chi connectivity index (χ1v) is 6.87. The number of halogens is 3. The van der Waals surface area contributed by atoms with Gasteiger partial charge in [0.2, 0.25) is 0 Å². The van der Waals surface area contributed by atoms with Crippen molar-refractivity contribution >= 4 is 0 Å². The molecule has 0 radical (unpaired) electrons. The molecule has 17 heavy (non-hydrogen) atoms. The van der Waals surface area contributed by atoms with Gasteiger partial charge in [-0.05, 0) is 31.7 Å². The molecule has 2 rings (SSSR count). The normalized spacial score (nSPS) is 31.2. The second-order valence-corrected chi connectivity index (χ2v) is 5.58. The maximum atomic E-state index is 12.8. The molecule has 0 spiro atoms. The first kappa shape index (κ1) is 13.2. The Morgan fingerprint density at radius 3 is 2.24 bits per heavy atom. The van der Waals surface area contributed by atoms with Gasteiger partial charge < -0.3 is 5.32 Å². The van der Waals surface area contributed by atoms with Gasteiger partial charge in [-0.15, -0.1) is 0 Å². The molecule has 1 N–H and O–H groups in total. The lowest BCUT2D eigenvalue weighted by molar-refractivity contribution is -0.188. The van der Waals surface area contributed by atoms with Crippen LogP contribution in [0.1, 0.15) is 51.4 Å². The van der Waals surface area contributed by atoms with Gasteiger partial charge in [0.15, 0.2) is 0 Å². The molecular weight excluding hydrogens is 227 g/mol. The van der Waals surface area contributed by atoms with E-state index in [9.17, 15) is 13.2 Å². The van der Waals surface area contributed by atoms with Crippen molar-refractivity contribution in [2.75, 3.05) is 6.54 Å². The molecule has 2 saturated carbocycles. The number of hydrogen-bond acceptors (Lipinski definition) is 1. The Labute approximate surface area is 101 Å². The minimum atomic E-state index is -4.02. The standard InChI is InChI=1S/C13H22F3N/c14-13(15,16)11-6-1-2-7-12(11)17-9-8-10-4-3-5-10/h10-12,17H,1-9H2. The van der Waals surface area contributed by atoms with Gasteiger partial charge in [-0.1, -0.05) is 32.1 Å². The van der Waals surface area contributed by atoms with Crippen LogP contribution in [0.5, 0.6) is 0 Å². The van der Waals surface area contributed by atoms with Crippen LogP contribution in [0.15, 0.2) is 0 Å². The lowest BCUT2D eigenvalue weighted by Gasteiger charge is -2.34. The molecular formula is C13H22F3N. The summed E-state index contributed by atoms with van der Waals surface area (Å²) >= 11 is 0. The predicted molar refractivity (Wildman–Crippen MR) is 61.8 cm³/mol. The molecule has 0 aromatic carbocycles. The average Bonchev–Trinajstić information content (AvgIpc) is 2.21. The van der Waals surface area contributed by atoms with Crippen molar-refractivity contribution in [3.8, 4) is 0 Å². The Kier molecular flexibility index (Phi) is 4.34. The number of hydrogen-bond donors (Lipinski definition) is 1. The fourth-order valence-electron chi connectivity index (χ4n) is 3.02. The topological polar surface area (TPSA) is 12.0 Å². The molecule has 0 aromatic heterocycles. The molecule has 1 nitrogen and oxygen atoms in total. The second kappa shape index (κ2) is 5.59. The predicted octanol–water partition coefficient (Wildman–Crippen LogP) is 3.89. The van der Waals surface area contributed by atoms with Gasteiger partial charge in [0.25, 0.3) is 0 Å². The molecule has 0 heterocycles. The van der Waals surface area contributed by atoms with Gasteiger partial charge in [-0.3, -0.25) is 0 Å². The molecule has 0 saturated heterocycles. The molecule has 0 bridgehead atoms. The van der Waals surface area contributed by atoms with E-state index >= 15 is 0 Å². The Morgan fingerprint density at radius 2 is 1.65 bits per heavy atom. The van der Waals surface area contributed by atoms with Crippen molar-refractivity contribution in [1.29, 1.82) is 0 Å². The Morgan fingerprint density at radius 1 is 0.941 bits per heavy atom. The summed E-state index contributed by atoms with van der Waals surface area (Å²) < 4.78 is 38.4. The molecule has 4 heteroatoms.